The summed E-state index contributed by atoms with van der Waals surface area (Å²) < 4.78 is 48.0. The molecule has 1 amide bonds. The molecule has 3 rings (SSSR count). The number of nitrogens with zero attached hydrogens (tertiary/aromatic N) is 1. The molecule has 0 saturated carbocycles. The Bertz CT molecular complexity index is 943. The van der Waals surface area contributed by atoms with Gasteiger partial charge in [0.05, 0.1) is 4.90 Å². The Labute approximate surface area is 173 Å². The van der Waals surface area contributed by atoms with Crippen LogP contribution in [0.15, 0.2) is 53.4 Å². The number of sulfone groups is 1. The minimum absolute atomic E-state index is 0.00782. The normalized spacial score (nSPS) is 16.1. The van der Waals surface area contributed by atoms with Crippen molar-refractivity contribution < 1.29 is 22.0 Å². The summed E-state index contributed by atoms with van der Waals surface area (Å²) in [5.74, 6) is -3.83. The summed E-state index contributed by atoms with van der Waals surface area (Å²) >= 11 is 5.90. The van der Waals surface area contributed by atoms with Crippen molar-refractivity contribution in [3.8, 4) is 0 Å². The Morgan fingerprint density at radius 1 is 1.07 bits per heavy atom. The van der Waals surface area contributed by atoms with E-state index in [-0.39, 0.29) is 17.5 Å². The molecule has 5 nitrogen and oxygen atoms in total. The first-order valence-corrected chi connectivity index (χ1v) is 11.1. The highest BCUT2D eigenvalue weighted by Gasteiger charge is 2.27. The lowest BCUT2D eigenvalue weighted by Crippen LogP contribution is -2.44. The average molecular weight is 443 g/mol. The third-order valence-corrected chi connectivity index (χ3v) is 6.57. The summed E-state index contributed by atoms with van der Waals surface area (Å²) in [6.07, 6.45) is 1.58. The summed E-state index contributed by atoms with van der Waals surface area (Å²) in [5.41, 5.74) is 1.41. The van der Waals surface area contributed by atoms with Gasteiger partial charge in [-0.25, -0.2) is 8.42 Å². The van der Waals surface area contributed by atoms with Gasteiger partial charge in [-0.2, -0.15) is 8.78 Å². The highest BCUT2D eigenvalue weighted by Crippen LogP contribution is 2.19. The van der Waals surface area contributed by atoms with Gasteiger partial charge in [0.15, 0.2) is 0 Å². The van der Waals surface area contributed by atoms with Crippen LogP contribution in [0.1, 0.15) is 28.8 Å². The summed E-state index contributed by atoms with van der Waals surface area (Å²) in [7, 11) is -4.66. The van der Waals surface area contributed by atoms with Gasteiger partial charge in [0, 0.05) is 36.3 Å². The van der Waals surface area contributed by atoms with Gasteiger partial charge in [-0.15, -0.1) is 0 Å². The second-order valence-corrected chi connectivity index (χ2v) is 9.33. The lowest BCUT2D eigenvalue weighted by atomic mass is 10.0. The Kier molecular flexibility index (Phi) is 6.87. The summed E-state index contributed by atoms with van der Waals surface area (Å²) in [5, 5.41) is 3.63. The van der Waals surface area contributed by atoms with Gasteiger partial charge in [0.1, 0.15) is 0 Å². The van der Waals surface area contributed by atoms with E-state index < -0.39 is 20.5 Å². The molecule has 1 aliphatic heterocycles. The molecule has 2 aromatic rings. The zero-order valence-corrected chi connectivity index (χ0v) is 17.1. The van der Waals surface area contributed by atoms with Crippen LogP contribution in [-0.4, -0.2) is 44.1 Å². The summed E-state index contributed by atoms with van der Waals surface area (Å²) in [6, 6.07) is 12.3. The Hall–Kier alpha value is -2.03. The van der Waals surface area contributed by atoms with Crippen LogP contribution < -0.4 is 5.32 Å². The average Bonchev–Trinajstić information content (AvgIpc) is 2.71. The Morgan fingerprint density at radius 3 is 2.21 bits per heavy atom. The molecule has 1 heterocycles. The number of benzene rings is 2. The molecule has 1 aliphatic rings. The molecular formula is C20H21ClF2N2O3S. The molecule has 2 aromatic carbocycles. The van der Waals surface area contributed by atoms with Gasteiger partial charge in [0.25, 0.3) is 5.91 Å². The van der Waals surface area contributed by atoms with Crippen molar-refractivity contribution in [2.45, 2.75) is 36.1 Å². The van der Waals surface area contributed by atoms with E-state index in [0.29, 0.717) is 5.02 Å². The van der Waals surface area contributed by atoms with Gasteiger partial charge in [-0.1, -0.05) is 23.7 Å². The molecule has 0 bridgehead atoms. The number of alkyl halides is 2. The SMILES string of the molecule is O=C(NC1CCN(Cc2ccc(Cl)cc2)CC1)c1ccc(S(=O)(=O)C(F)F)cc1. The molecule has 156 valence electrons. The molecule has 29 heavy (non-hydrogen) atoms. The van der Waals surface area contributed by atoms with Crippen LogP contribution in [0.4, 0.5) is 8.78 Å². The fourth-order valence-corrected chi connectivity index (χ4v) is 4.10. The molecule has 1 saturated heterocycles. The topological polar surface area (TPSA) is 66.5 Å². The van der Waals surface area contributed by atoms with E-state index in [1.807, 2.05) is 24.3 Å². The molecule has 1 N–H and O–H groups in total. The van der Waals surface area contributed by atoms with E-state index >= 15 is 0 Å². The van der Waals surface area contributed by atoms with E-state index in [9.17, 15) is 22.0 Å². The van der Waals surface area contributed by atoms with Gasteiger partial charge < -0.3 is 5.32 Å². The van der Waals surface area contributed by atoms with Crippen molar-refractivity contribution in [2.24, 2.45) is 0 Å². The molecular weight excluding hydrogens is 422 g/mol. The predicted molar refractivity (Wildman–Crippen MR) is 107 cm³/mol. The highest BCUT2D eigenvalue weighted by molar-refractivity contribution is 7.91. The first kappa shape index (κ1) is 21.7. The number of amides is 1. The van der Waals surface area contributed by atoms with E-state index in [1.165, 1.54) is 17.7 Å². The molecule has 9 heteroatoms. The maximum Gasteiger partial charge on any atom is 0.341 e. The minimum Gasteiger partial charge on any atom is -0.349 e. The largest absolute Gasteiger partial charge is 0.349 e. The van der Waals surface area contributed by atoms with Crippen molar-refractivity contribution in [2.75, 3.05) is 13.1 Å². The van der Waals surface area contributed by atoms with Crippen molar-refractivity contribution in [1.29, 1.82) is 0 Å². The highest BCUT2D eigenvalue weighted by atomic mass is 35.5. The van der Waals surface area contributed by atoms with Crippen LogP contribution in [0.25, 0.3) is 0 Å². The monoisotopic (exact) mass is 442 g/mol. The minimum atomic E-state index is -4.66. The smallest absolute Gasteiger partial charge is 0.341 e. The molecule has 1 fully saturated rings. The fraction of sp³-hybridized carbons (Fsp3) is 0.350. The molecule has 0 unspecified atom stereocenters. The van der Waals surface area contributed by atoms with Gasteiger partial charge in [0.2, 0.25) is 9.84 Å². The maximum absolute atomic E-state index is 12.6. The summed E-state index contributed by atoms with van der Waals surface area (Å²) in [4.78, 5) is 14.2. The lowest BCUT2D eigenvalue weighted by molar-refractivity contribution is 0.0909. The van der Waals surface area contributed by atoms with Crippen molar-refractivity contribution in [3.63, 3.8) is 0 Å². The zero-order valence-electron chi connectivity index (χ0n) is 15.5. The van der Waals surface area contributed by atoms with E-state index in [4.69, 9.17) is 11.6 Å². The standard InChI is InChI=1S/C20H21ClF2N2O3S/c21-16-5-1-14(2-6-16)13-25-11-9-17(10-12-25)24-19(26)15-3-7-18(8-4-15)29(27,28)20(22)23/h1-8,17,20H,9-13H2,(H,24,26). The van der Waals surface area contributed by atoms with Crippen molar-refractivity contribution in [1.82, 2.24) is 10.2 Å². The van der Waals surface area contributed by atoms with Crippen LogP contribution in [-0.2, 0) is 16.4 Å². The zero-order chi connectivity index (χ0) is 21.0. The van der Waals surface area contributed by atoms with E-state index in [1.54, 1.807) is 0 Å². The van der Waals surface area contributed by atoms with Crippen LogP contribution in [0.5, 0.6) is 0 Å². The third kappa shape index (κ3) is 5.52. The maximum atomic E-state index is 12.6. The van der Waals surface area contributed by atoms with Crippen LogP contribution in [0, 0.1) is 0 Å². The number of hydrogen-bond acceptors (Lipinski definition) is 4. The Balaban J connectivity index is 1.51. The quantitative estimate of drug-likeness (QED) is 0.740. The first-order valence-electron chi connectivity index (χ1n) is 9.15. The predicted octanol–water partition coefficient (Wildman–Crippen LogP) is 3.73. The third-order valence-electron chi connectivity index (χ3n) is 4.92. The molecule has 0 aliphatic carbocycles. The second kappa shape index (κ2) is 9.19. The van der Waals surface area contributed by atoms with Crippen LogP contribution in [0.3, 0.4) is 0 Å². The van der Waals surface area contributed by atoms with Crippen LogP contribution >= 0.6 is 11.6 Å². The van der Waals surface area contributed by atoms with Gasteiger partial charge >= 0.3 is 5.76 Å². The number of carbonyl (C=O) groups is 1. The van der Waals surface area contributed by atoms with Crippen LogP contribution in [0.2, 0.25) is 5.02 Å². The van der Waals surface area contributed by atoms with Crippen molar-refractivity contribution >= 4 is 27.3 Å². The fourth-order valence-electron chi connectivity index (χ4n) is 3.25. The van der Waals surface area contributed by atoms with E-state index in [0.717, 1.165) is 44.6 Å². The van der Waals surface area contributed by atoms with Crippen molar-refractivity contribution in [3.05, 3.63) is 64.7 Å². The lowest BCUT2D eigenvalue weighted by Gasteiger charge is -2.32. The first-order chi connectivity index (χ1) is 13.8. The molecule has 0 radical (unpaired) electrons. The number of likely N-dealkylation sites (tertiary alicyclic amines) is 1. The number of hydrogen-bond donors (Lipinski definition) is 1. The number of piperidine rings is 1. The number of nitrogens with one attached hydrogen (secondary N) is 1. The van der Waals surface area contributed by atoms with E-state index in [2.05, 4.69) is 10.2 Å². The summed E-state index contributed by atoms with van der Waals surface area (Å²) in [6.45, 7) is 2.48. The second-order valence-electron chi connectivity index (χ2n) is 6.98. The molecule has 0 spiro atoms. The number of rotatable bonds is 6. The number of halogens is 3. The Morgan fingerprint density at radius 2 is 1.66 bits per heavy atom. The van der Waals surface area contributed by atoms with Gasteiger partial charge in [-0.3, -0.25) is 9.69 Å². The molecule has 0 atom stereocenters. The molecule has 0 aromatic heterocycles. The van der Waals surface area contributed by atoms with Gasteiger partial charge in [-0.05, 0) is 54.8 Å². The number of carbonyl (C=O) groups excluding carboxylic acids is 1.